The number of rotatable bonds is 5. The van der Waals surface area contributed by atoms with Crippen molar-refractivity contribution in [1.29, 1.82) is 0 Å². The predicted octanol–water partition coefficient (Wildman–Crippen LogP) is 3.84. The molecule has 210 valence electrons. The second-order valence-corrected chi connectivity index (χ2v) is 9.22. The average Bonchev–Trinajstić information content (AvgIpc) is 3.37. The van der Waals surface area contributed by atoms with E-state index in [-0.39, 0.29) is 42.6 Å². The van der Waals surface area contributed by atoms with Gasteiger partial charge in [0.1, 0.15) is 6.61 Å². The van der Waals surface area contributed by atoms with Crippen LogP contribution in [0.4, 0.5) is 18.0 Å². The van der Waals surface area contributed by atoms with E-state index in [9.17, 15) is 27.6 Å². The lowest BCUT2D eigenvalue weighted by atomic mass is 9.85. The van der Waals surface area contributed by atoms with Crippen LogP contribution in [0.2, 0.25) is 0 Å². The van der Waals surface area contributed by atoms with Crippen molar-refractivity contribution >= 4 is 23.9 Å². The van der Waals surface area contributed by atoms with Gasteiger partial charge in [0.05, 0.1) is 5.56 Å². The van der Waals surface area contributed by atoms with Gasteiger partial charge in [0, 0.05) is 38.1 Å². The first kappa shape index (κ1) is 28.3. The minimum absolute atomic E-state index is 0.0410. The molecule has 0 atom stereocenters. The van der Waals surface area contributed by atoms with Crippen LogP contribution in [0.1, 0.15) is 56.4 Å². The number of alkyl halides is 3. The number of piperidine rings is 1. The van der Waals surface area contributed by atoms with Gasteiger partial charge in [-0.25, -0.2) is 9.78 Å². The van der Waals surface area contributed by atoms with Crippen LogP contribution in [0.15, 0.2) is 65.9 Å². The van der Waals surface area contributed by atoms with Crippen LogP contribution in [-0.2, 0) is 24.6 Å². The maximum absolute atomic E-state index is 14.0. The van der Waals surface area contributed by atoms with Crippen LogP contribution in [0, 0.1) is 0 Å². The van der Waals surface area contributed by atoms with Gasteiger partial charge in [-0.1, -0.05) is 36.4 Å². The van der Waals surface area contributed by atoms with Crippen LogP contribution < -0.4 is 11.1 Å². The third-order valence-corrected chi connectivity index (χ3v) is 6.51. The molecule has 3 amide bonds. The van der Waals surface area contributed by atoms with Gasteiger partial charge in [-0.3, -0.25) is 14.9 Å². The SMILES string of the molecule is Cn1ccnc1C(=O)N1CCC(c2ccc(C(=O)N/C(N)=N\C(=O)OCc3ccccc3)cc2C(F)(F)F)CC1. The largest absolute Gasteiger partial charge is 0.443 e. The molecule has 3 N–H and O–H groups in total. The first-order valence-corrected chi connectivity index (χ1v) is 12.4. The van der Waals surface area contributed by atoms with Crippen LogP contribution in [0.25, 0.3) is 0 Å². The number of guanidine groups is 1. The van der Waals surface area contributed by atoms with Crippen LogP contribution in [-0.4, -0.2) is 51.4 Å². The minimum atomic E-state index is -4.73. The fourth-order valence-corrected chi connectivity index (χ4v) is 4.47. The van der Waals surface area contributed by atoms with E-state index >= 15 is 0 Å². The molecule has 0 saturated carbocycles. The molecule has 10 nitrogen and oxygen atoms in total. The van der Waals surface area contributed by atoms with Gasteiger partial charge in [0.2, 0.25) is 5.96 Å². The van der Waals surface area contributed by atoms with E-state index in [4.69, 9.17) is 10.5 Å². The van der Waals surface area contributed by atoms with E-state index in [1.165, 1.54) is 18.3 Å². The number of aryl methyl sites for hydroxylation is 1. The lowest BCUT2D eigenvalue weighted by molar-refractivity contribution is -0.138. The molecule has 1 saturated heterocycles. The van der Waals surface area contributed by atoms with E-state index < -0.39 is 35.6 Å². The van der Waals surface area contributed by atoms with Crippen LogP contribution in [0.3, 0.4) is 0 Å². The molecule has 2 aromatic carbocycles. The summed E-state index contributed by atoms with van der Waals surface area (Å²) in [6, 6.07) is 12.0. The number of hydrogen-bond acceptors (Lipinski definition) is 5. The zero-order valence-electron chi connectivity index (χ0n) is 21.5. The van der Waals surface area contributed by atoms with Crippen LogP contribution in [0.5, 0.6) is 0 Å². The number of halogens is 3. The summed E-state index contributed by atoms with van der Waals surface area (Å²) < 4.78 is 48.6. The van der Waals surface area contributed by atoms with Gasteiger partial charge in [-0.2, -0.15) is 13.2 Å². The highest BCUT2D eigenvalue weighted by atomic mass is 19.4. The third kappa shape index (κ3) is 6.84. The minimum Gasteiger partial charge on any atom is -0.443 e. The fraction of sp³-hybridized carbons (Fsp3) is 0.296. The van der Waals surface area contributed by atoms with Gasteiger partial charge in [-0.05, 0) is 42.0 Å². The Balaban J connectivity index is 1.41. The molecule has 3 aromatic rings. The molecule has 0 aliphatic carbocycles. The van der Waals surface area contributed by atoms with Gasteiger partial charge in [0.15, 0.2) is 5.82 Å². The Morgan fingerprint density at radius 2 is 1.82 bits per heavy atom. The lowest BCUT2D eigenvalue weighted by Crippen LogP contribution is -2.39. The van der Waals surface area contributed by atoms with Gasteiger partial charge in [0.25, 0.3) is 11.8 Å². The maximum Gasteiger partial charge on any atom is 0.437 e. The molecule has 0 bridgehead atoms. The molecule has 1 aliphatic rings. The number of carbonyl (C=O) groups is 3. The number of nitrogens with one attached hydrogen (secondary N) is 1. The Hall–Kier alpha value is -4.68. The van der Waals surface area contributed by atoms with Crippen molar-refractivity contribution < 1.29 is 32.3 Å². The molecule has 4 rings (SSSR count). The molecular formula is C27H27F3N6O4. The summed E-state index contributed by atoms with van der Waals surface area (Å²) in [6.45, 7) is 0.462. The maximum atomic E-state index is 14.0. The first-order valence-electron chi connectivity index (χ1n) is 12.4. The zero-order valence-corrected chi connectivity index (χ0v) is 21.5. The Morgan fingerprint density at radius 3 is 2.45 bits per heavy atom. The molecule has 1 aromatic heterocycles. The Kier molecular flexibility index (Phi) is 8.51. The molecule has 1 aliphatic heterocycles. The number of amides is 3. The number of hydrogen-bond donors (Lipinski definition) is 2. The van der Waals surface area contributed by atoms with Crippen LogP contribution >= 0.6 is 0 Å². The van der Waals surface area contributed by atoms with Crippen molar-refractivity contribution in [3.05, 3.63) is 89.0 Å². The summed E-state index contributed by atoms with van der Waals surface area (Å²) in [7, 11) is 1.69. The molecule has 0 unspecified atom stereocenters. The summed E-state index contributed by atoms with van der Waals surface area (Å²) >= 11 is 0. The molecule has 2 heterocycles. The molecule has 13 heteroatoms. The van der Waals surface area contributed by atoms with Gasteiger partial charge >= 0.3 is 12.3 Å². The molecule has 1 fully saturated rings. The van der Waals surface area contributed by atoms with Crippen molar-refractivity contribution in [3.63, 3.8) is 0 Å². The number of imidazole rings is 1. The van der Waals surface area contributed by atoms with Crippen molar-refractivity contribution in [2.24, 2.45) is 17.8 Å². The summed E-state index contributed by atoms with van der Waals surface area (Å²) in [4.78, 5) is 46.2. The van der Waals surface area contributed by atoms with Crippen molar-refractivity contribution in [1.82, 2.24) is 19.8 Å². The van der Waals surface area contributed by atoms with E-state index in [1.807, 2.05) is 0 Å². The Morgan fingerprint density at radius 1 is 1.12 bits per heavy atom. The zero-order chi connectivity index (χ0) is 28.9. The quantitative estimate of drug-likeness (QED) is 0.363. The molecule has 0 spiro atoms. The number of nitrogens with two attached hydrogens (primary N) is 1. The van der Waals surface area contributed by atoms with E-state index in [0.717, 1.165) is 6.07 Å². The van der Waals surface area contributed by atoms with E-state index in [0.29, 0.717) is 18.4 Å². The number of carbonyl (C=O) groups excluding carboxylic acids is 3. The third-order valence-electron chi connectivity index (χ3n) is 6.51. The fourth-order valence-electron chi connectivity index (χ4n) is 4.47. The summed E-state index contributed by atoms with van der Waals surface area (Å²) in [5.41, 5.74) is 5.08. The Bertz CT molecular complexity index is 1410. The number of benzene rings is 2. The highest BCUT2D eigenvalue weighted by Gasteiger charge is 2.37. The second-order valence-electron chi connectivity index (χ2n) is 9.22. The predicted molar refractivity (Wildman–Crippen MR) is 138 cm³/mol. The topological polar surface area (TPSA) is 132 Å². The smallest absolute Gasteiger partial charge is 0.437 e. The highest BCUT2D eigenvalue weighted by molar-refractivity contribution is 6.07. The van der Waals surface area contributed by atoms with Crippen molar-refractivity contribution in [2.45, 2.75) is 31.5 Å². The normalized spacial score (nSPS) is 14.6. The molecule has 40 heavy (non-hydrogen) atoms. The number of ether oxygens (including phenoxy) is 1. The summed E-state index contributed by atoms with van der Waals surface area (Å²) in [5, 5.41) is 2.11. The summed E-state index contributed by atoms with van der Waals surface area (Å²) in [5.74, 6) is -2.07. The monoisotopic (exact) mass is 556 g/mol. The van der Waals surface area contributed by atoms with Gasteiger partial charge < -0.3 is 19.9 Å². The number of aromatic nitrogens is 2. The second kappa shape index (κ2) is 12.0. The van der Waals surface area contributed by atoms with E-state index in [1.54, 1.807) is 53.0 Å². The average molecular weight is 557 g/mol. The molecule has 0 radical (unpaired) electrons. The number of nitrogens with zero attached hydrogens (tertiary/aromatic N) is 4. The highest BCUT2D eigenvalue weighted by Crippen LogP contribution is 2.39. The van der Waals surface area contributed by atoms with Gasteiger partial charge in [-0.15, -0.1) is 4.99 Å². The Labute approximate surface area is 227 Å². The standard InChI is InChI=1S/C27H27F3N6O4/c1-35-14-11-32-22(35)24(38)36-12-9-18(10-13-36)20-8-7-19(15-21(20)27(28,29)30)23(37)33-25(31)34-26(39)40-16-17-5-3-2-4-6-17/h2-8,11,14-15,18H,9-10,12-13,16H2,1H3,(H3,31,33,34,37,39). The molecular weight excluding hydrogens is 529 g/mol. The number of aliphatic imine (C=N–C) groups is 1. The first-order chi connectivity index (χ1) is 19.0. The van der Waals surface area contributed by atoms with E-state index in [2.05, 4.69) is 15.3 Å². The summed E-state index contributed by atoms with van der Waals surface area (Å²) in [6.07, 6.45) is -2.02. The number of likely N-dealkylation sites (tertiary alicyclic amines) is 1. The van der Waals surface area contributed by atoms with Crippen molar-refractivity contribution in [3.8, 4) is 0 Å². The lowest BCUT2D eigenvalue weighted by Gasteiger charge is -2.33. The van der Waals surface area contributed by atoms with Crippen molar-refractivity contribution in [2.75, 3.05) is 13.1 Å².